The predicted octanol–water partition coefficient (Wildman–Crippen LogP) is 3.11. The molecular weight excluding hydrogens is 336 g/mol. The second kappa shape index (κ2) is 8.02. The summed E-state index contributed by atoms with van der Waals surface area (Å²) < 4.78 is 1.86. The predicted molar refractivity (Wildman–Crippen MR) is 103 cm³/mol. The number of likely N-dealkylation sites (tertiary alicyclic amines) is 1. The Morgan fingerprint density at radius 1 is 1.20 bits per heavy atom. The lowest BCUT2D eigenvalue weighted by Crippen LogP contribution is -2.42. The van der Waals surface area contributed by atoms with Crippen molar-refractivity contribution in [2.75, 3.05) is 13.1 Å². The molecular formula is C19H27ClN4O. The van der Waals surface area contributed by atoms with E-state index in [0.717, 1.165) is 48.6 Å². The standard InChI is InChI=1S/C19H26N4O.ClH/c1-13(20)16-9-11-22(12-10-16)19(24)18-14(2)21-23(15(18)3)17-7-5-4-6-8-17;/h4-8,13,16H,9-12,20H2,1-3H3;1H. The fourth-order valence-corrected chi connectivity index (χ4v) is 3.56. The molecule has 1 saturated heterocycles. The molecule has 6 heteroatoms. The number of hydrogen-bond acceptors (Lipinski definition) is 3. The third-order valence-corrected chi connectivity index (χ3v) is 5.08. The molecule has 2 N–H and O–H groups in total. The van der Waals surface area contributed by atoms with Crippen LogP contribution in [0.1, 0.15) is 41.5 Å². The van der Waals surface area contributed by atoms with Crippen LogP contribution in [0.25, 0.3) is 5.69 Å². The van der Waals surface area contributed by atoms with Gasteiger partial charge in [0.2, 0.25) is 0 Å². The normalized spacial score (nSPS) is 16.4. The van der Waals surface area contributed by atoms with Gasteiger partial charge in [0.1, 0.15) is 0 Å². The second-order valence-electron chi connectivity index (χ2n) is 6.78. The summed E-state index contributed by atoms with van der Waals surface area (Å²) in [5.41, 5.74) is 9.40. The molecule has 2 aromatic rings. The van der Waals surface area contributed by atoms with E-state index in [1.54, 1.807) is 0 Å². The van der Waals surface area contributed by atoms with E-state index in [2.05, 4.69) is 12.0 Å². The van der Waals surface area contributed by atoms with Crippen LogP contribution in [0.5, 0.6) is 0 Å². The molecule has 1 amide bonds. The van der Waals surface area contributed by atoms with Crippen molar-refractivity contribution < 1.29 is 4.79 Å². The largest absolute Gasteiger partial charge is 0.339 e. The fraction of sp³-hybridized carbons (Fsp3) is 0.474. The lowest BCUT2D eigenvalue weighted by molar-refractivity contribution is 0.0679. The zero-order valence-corrected chi connectivity index (χ0v) is 15.9. The first kappa shape index (κ1) is 19.5. The Hall–Kier alpha value is -1.85. The van der Waals surface area contributed by atoms with E-state index in [9.17, 15) is 4.79 Å². The van der Waals surface area contributed by atoms with Crippen molar-refractivity contribution in [1.29, 1.82) is 0 Å². The Bertz CT molecular complexity index is 719. The Morgan fingerprint density at radius 2 is 1.80 bits per heavy atom. The number of nitrogens with two attached hydrogens (primary N) is 1. The summed E-state index contributed by atoms with van der Waals surface area (Å²) in [7, 11) is 0. The van der Waals surface area contributed by atoms with Gasteiger partial charge in [-0.15, -0.1) is 12.4 Å². The van der Waals surface area contributed by atoms with Gasteiger partial charge < -0.3 is 10.6 Å². The number of carbonyl (C=O) groups excluding carboxylic acids is 1. The number of hydrogen-bond donors (Lipinski definition) is 1. The average molecular weight is 363 g/mol. The molecule has 1 aromatic carbocycles. The highest BCUT2D eigenvalue weighted by molar-refractivity contribution is 5.96. The maximum Gasteiger partial charge on any atom is 0.257 e. The number of para-hydroxylation sites is 1. The number of aromatic nitrogens is 2. The van der Waals surface area contributed by atoms with E-state index >= 15 is 0 Å². The topological polar surface area (TPSA) is 64.2 Å². The zero-order valence-electron chi connectivity index (χ0n) is 15.1. The van der Waals surface area contributed by atoms with Crippen LogP contribution in [-0.2, 0) is 0 Å². The van der Waals surface area contributed by atoms with E-state index in [4.69, 9.17) is 5.73 Å². The number of carbonyl (C=O) groups is 1. The molecule has 1 fully saturated rings. The maximum atomic E-state index is 13.0. The summed E-state index contributed by atoms with van der Waals surface area (Å²) in [4.78, 5) is 15.0. The molecule has 5 nitrogen and oxygen atoms in total. The van der Waals surface area contributed by atoms with Crippen LogP contribution in [0.4, 0.5) is 0 Å². The van der Waals surface area contributed by atoms with Gasteiger partial charge in [0, 0.05) is 19.1 Å². The van der Waals surface area contributed by atoms with Crippen LogP contribution in [0, 0.1) is 19.8 Å². The highest BCUT2D eigenvalue weighted by atomic mass is 35.5. The molecule has 136 valence electrons. The smallest absolute Gasteiger partial charge is 0.257 e. The second-order valence-corrected chi connectivity index (χ2v) is 6.78. The zero-order chi connectivity index (χ0) is 17.3. The number of halogens is 1. The van der Waals surface area contributed by atoms with Gasteiger partial charge >= 0.3 is 0 Å². The van der Waals surface area contributed by atoms with Crippen molar-refractivity contribution in [3.8, 4) is 5.69 Å². The van der Waals surface area contributed by atoms with Gasteiger partial charge in [0.05, 0.1) is 22.6 Å². The Labute approximate surface area is 155 Å². The van der Waals surface area contributed by atoms with Gasteiger partial charge in [0.15, 0.2) is 0 Å². The highest BCUT2D eigenvalue weighted by Gasteiger charge is 2.28. The van der Waals surface area contributed by atoms with E-state index < -0.39 is 0 Å². The molecule has 3 rings (SSSR count). The van der Waals surface area contributed by atoms with Gasteiger partial charge in [-0.3, -0.25) is 4.79 Å². The minimum absolute atomic E-state index is 0. The van der Waals surface area contributed by atoms with Crippen molar-refractivity contribution >= 4 is 18.3 Å². The molecule has 1 aromatic heterocycles. The number of piperidine rings is 1. The summed E-state index contributed by atoms with van der Waals surface area (Å²) in [6.45, 7) is 7.49. The van der Waals surface area contributed by atoms with Crippen molar-refractivity contribution in [2.45, 2.75) is 39.7 Å². The molecule has 0 aliphatic carbocycles. The number of aryl methyl sites for hydroxylation is 1. The van der Waals surface area contributed by atoms with E-state index in [1.165, 1.54) is 0 Å². The molecule has 0 spiro atoms. The van der Waals surface area contributed by atoms with Crippen molar-refractivity contribution in [3.63, 3.8) is 0 Å². The highest BCUT2D eigenvalue weighted by Crippen LogP contribution is 2.24. The third-order valence-electron chi connectivity index (χ3n) is 5.08. The molecule has 25 heavy (non-hydrogen) atoms. The maximum absolute atomic E-state index is 13.0. The van der Waals surface area contributed by atoms with Crippen LogP contribution in [0.2, 0.25) is 0 Å². The minimum atomic E-state index is 0. The molecule has 0 bridgehead atoms. The van der Waals surface area contributed by atoms with Gasteiger partial charge in [0.25, 0.3) is 5.91 Å². The van der Waals surface area contributed by atoms with Gasteiger partial charge in [-0.25, -0.2) is 4.68 Å². The molecule has 1 aliphatic heterocycles. The summed E-state index contributed by atoms with van der Waals surface area (Å²) in [6, 6.07) is 10.1. The molecule has 1 atom stereocenters. The van der Waals surface area contributed by atoms with Crippen LogP contribution < -0.4 is 5.73 Å². The molecule has 1 unspecified atom stereocenters. The summed E-state index contributed by atoms with van der Waals surface area (Å²) >= 11 is 0. The van der Waals surface area contributed by atoms with E-state index in [-0.39, 0.29) is 24.4 Å². The van der Waals surface area contributed by atoms with Gasteiger partial charge in [-0.05, 0) is 51.7 Å². The van der Waals surface area contributed by atoms with Crippen LogP contribution in [0.3, 0.4) is 0 Å². The average Bonchev–Trinajstić information content (AvgIpc) is 2.89. The summed E-state index contributed by atoms with van der Waals surface area (Å²) in [6.07, 6.45) is 1.96. The first-order chi connectivity index (χ1) is 11.5. The summed E-state index contributed by atoms with van der Waals surface area (Å²) in [5.74, 6) is 0.610. The SMILES string of the molecule is Cc1nn(-c2ccccc2)c(C)c1C(=O)N1CCC(C(C)N)CC1.Cl. The van der Waals surface area contributed by atoms with Crippen LogP contribution in [0.15, 0.2) is 30.3 Å². The van der Waals surface area contributed by atoms with Crippen molar-refractivity contribution in [2.24, 2.45) is 11.7 Å². The van der Waals surface area contributed by atoms with Crippen molar-refractivity contribution in [1.82, 2.24) is 14.7 Å². The van der Waals surface area contributed by atoms with Crippen LogP contribution >= 0.6 is 12.4 Å². The molecule has 1 aliphatic rings. The molecule has 0 radical (unpaired) electrons. The lowest BCUT2D eigenvalue weighted by Gasteiger charge is -2.33. The van der Waals surface area contributed by atoms with E-state index in [0.29, 0.717) is 5.92 Å². The number of rotatable bonds is 3. The number of nitrogens with zero attached hydrogens (tertiary/aromatic N) is 3. The Kier molecular flexibility index (Phi) is 6.25. The Balaban J connectivity index is 0.00000225. The molecule has 2 heterocycles. The van der Waals surface area contributed by atoms with Gasteiger partial charge in [-0.1, -0.05) is 18.2 Å². The van der Waals surface area contributed by atoms with E-state index in [1.807, 2.05) is 53.8 Å². The molecule has 0 saturated carbocycles. The number of benzene rings is 1. The monoisotopic (exact) mass is 362 g/mol. The van der Waals surface area contributed by atoms with Crippen molar-refractivity contribution in [3.05, 3.63) is 47.3 Å². The van der Waals surface area contributed by atoms with Gasteiger partial charge in [-0.2, -0.15) is 5.10 Å². The van der Waals surface area contributed by atoms with Crippen LogP contribution in [-0.4, -0.2) is 39.7 Å². The lowest BCUT2D eigenvalue weighted by atomic mass is 9.90. The first-order valence-corrected chi connectivity index (χ1v) is 8.65. The first-order valence-electron chi connectivity index (χ1n) is 8.65. The fourth-order valence-electron chi connectivity index (χ4n) is 3.56. The quantitative estimate of drug-likeness (QED) is 0.912. The third kappa shape index (κ3) is 3.88. The summed E-state index contributed by atoms with van der Waals surface area (Å²) in [5, 5.41) is 4.59. The number of amides is 1. The Morgan fingerprint density at radius 3 is 2.36 bits per heavy atom. The minimum Gasteiger partial charge on any atom is -0.339 e.